The lowest BCUT2D eigenvalue weighted by Gasteiger charge is -2.25. The summed E-state index contributed by atoms with van der Waals surface area (Å²) in [5.41, 5.74) is -0.913. The largest absolute Gasteiger partial charge is 0.477 e. The zero-order valence-corrected chi connectivity index (χ0v) is 29.7. The summed E-state index contributed by atoms with van der Waals surface area (Å²) >= 11 is 6.31. The van der Waals surface area contributed by atoms with E-state index in [-0.39, 0.29) is 58.8 Å². The molecule has 6 rings (SSSR count). The molecule has 2 N–H and O–H groups in total. The second kappa shape index (κ2) is 14.4. The van der Waals surface area contributed by atoms with Crippen molar-refractivity contribution < 1.29 is 31.1 Å². The maximum absolute atomic E-state index is 13.4. The van der Waals surface area contributed by atoms with E-state index < -0.39 is 27.5 Å². The SMILES string of the molecule is CC1(C)C[C@H](CCCN(c2ccccc2)c2cccc(S(=O)(=O)NC(=O)c3ccc(-n4ccc(OCCC5(C(F)(F)F)CC5)n4)nc3Cl)n2)CN1. The molecule has 1 saturated carbocycles. The van der Waals surface area contributed by atoms with Crippen LogP contribution >= 0.6 is 11.6 Å². The minimum absolute atomic E-state index is 0.0886. The van der Waals surface area contributed by atoms with Gasteiger partial charge in [-0.05, 0) is 101 Å². The fraction of sp³-hybridized carbons (Fsp3) is 0.429. The zero-order chi connectivity index (χ0) is 36.4. The number of rotatable bonds is 14. The van der Waals surface area contributed by atoms with Gasteiger partial charge in [-0.2, -0.15) is 21.6 Å². The van der Waals surface area contributed by atoms with Crippen LogP contribution in [0.1, 0.15) is 62.7 Å². The van der Waals surface area contributed by atoms with Crippen molar-refractivity contribution in [3.8, 4) is 11.7 Å². The number of sulfonamides is 1. The van der Waals surface area contributed by atoms with E-state index in [0.29, 0.717) is 18.3 Å². The molecule has 0 spiro atoms. The average molecular weight is 746 g/mol. The molecule has 4 heterocycles. The van der Waals surface area contributed by atoms with Gasteiger partial charge in [-0.25, -0.2) is 19.4 Å². The van der Waals surface area contributed by atoms with Crippen molar-refractivity contribution in [3.63, 3.8) is 0 Å². The number of para-hydroxylation sites is 1. The highest BCUT2D eigenvalue weighted by Gasteiger charge is 2.62. The molecule has 1 aromatic carbocycles. The summed E-state index contributed by atoms with van der Waals surface area (Å²) in [4.78, 5) is 23.7. The molecule has 1 amide bonds. The van der Waals surface area contributed by atoms with Gasteiger partial charge in [0.15, 0.2) is 10.8 Å². The number of hydrogen-bond acceptors (Lipinski definition) is 9. The van der Waals surface area contributed by atoms with Crippen LogP contribution in [0.5, 0.6) is 5.88 Å². The quantitative estimate of drug-likeness (QED) is 0.133. The number of carbonyl (C=O) groups is 1. The zero-order valence-electron chi connectivity index (χ0n) is 28.2. The number of alkyl halides is 3. The molecule has 3 aromatic heterocycles. The summed E-state index contributed by atoms with van der Waals surface area (Å²) in [6.45, 7) is 5.82. The van der Waals surface area contributed by atoms with E-state index in [2.05, 4.69) is 34.2 Å². The Morgan fingerprint density at radius 3 is 2.51 bits per heavy atom. The highest BCUT2D eigenvalue weighted by atomic mass is 35.5. The fourth-order valence-electron chi connectivity index (χ4n) is 6.36. The van der Waals surface area contributed by atoms with Crippen LogP contribution in [-0.4, -0.2) is 65.5 Å². The van der Waals surface area contributed by atoms with Gasteiger partial charge >= 0.3 is 6.18 Å². The Hall–Kier alpha value is -4.21. The van der Waals surface area contributed by atoms with Crippen molar-refractivity contribution in [3.05, 3.63) is 83.6 Å². The van der Waals surface area contributed by atoms with Gasteiger partial charge in [0.2, 0.25) is 5.88 Å². The Kier molecular flexibility index (Phi) is 10.3. The number of ether oxygens (including phenoxy) is 1. The monoisotopic (exact) mass is 745 g/mol. The maximum atomic E-state index is 13.4. The smallest absolute Gasteiger partial charge is 0.394 e. The number of nitrogens with zero attached hydrogens (tertiary/aromatic N) is 5. The third-order valence-corrected chi connectivity index (χ3v) is 10.9. The van der Waals surface area contributed by atoms with Crippen LogP contribution in [0.15, 0.2) is 78.0 Å². The first-order valence-corrected chi connectivity index (χ1v) is 18.5. The van der Waals surface area contributed by atoms with Gasteiger partial charge in [-0.3, -0.25) is 4.79 Å². The van der Waals surface area contributed by atoms with Crippen molar-refractivity contribution in [2.75, 3.05) is 24.6 Å². The van der Waals surface area contributed by atoms with Gasteiger partial charge in [0.25, 0.3) is 15.9 Å². The van der Waals surface area contributed by atoms with E-state index in [1.165, 1.54) is 35.1 Å². The van der Waals surface area contributed by atoms with Gasteiger partial charge in [0, 0.05) is 30.0 Å². The second-order valence-electron chi connectivity index (χ2n) is 13.7. The van der Waals surface area contributed by atoms with Crippen LogP contribution in [0.3, 0.4) is 0 Å². The topological polar surface area (TPSA) is 131 Å². The first kappa shape index (κ1) is 36.6. The summed E-state index contributed by atoms with van der Waals surface area (Å²) < 4.78 is 75.1. The van der Waals surface area contributed by atoms with Crippen LogP contribution in [0.4, 0.5) is 24.7 Å². The van der Waals surface area contributed by atoms with Crippen molar-refractivity contribution in [2.45, 2.75) is 69.1 Å². The molecule has 272 valence electrons. The highest BCUT2D eigenvalue weighted by molar-refractivity contribution is 7.90. The molecule has 1 aliphatic carbocycles. The Balaban J connectivity index is 1.10. The van der Waals surface area contributed by atoms with E-state index in [9.17, 15) is 26.4 Å². The minimum Gasteiger partial charge on any atom is -0.477 e. The number of carbonyl (C=O) groups excluding carboxylic acids is 1. The molecule has 11 nitrogen and oxygen atoms in total. The Morgan fingerprint density at radius 2 is 1.84 bits per heavy atom. The van der Waals surface area contributed by atoms with Gasteiger partial charge in [0.1, 0.15) is 11.0 Å². The maximum Gasteiger partial charge on any atom is 0.394 e. The Bertz CT molecular complexity index is 1970. The van der Waals surface area contributed by atoms with E-state index in [4.69, 9.17) is 16.3 Å². The Morgan fingerprint density at radius 1 is 1.08 bits per heavy atom. The molecule has 1 aliphatic heterocycles. The van der Waals surface area contributed by atoms with Crippen LogP contribution in [0, 0.1) is 11.3 Å². The average Bonchev–Trinajstić information content (AvgIpc) is 3.61. The molecular weight excluding hydrogens is 707 g/mol. The lowest BCUT2D eigenvalue weighted by molar-refractivity contribution is -0.190. The number of pyridine rings is 2. The number of hydrogen-bond donors (Lipinski definition) is 2. The lowest BCUT2D eigenvalue weighted by atomic mass is 9.93. The van der Waals surface area contributed by atoms with Gasteiger partial charge in [-0.1, -0.05) is 35.9 Å². The molecule has 2 fully saturated rings. The van der Waals surface area contributed by atoms with Crippen molar-refractivity contribution in [1.29, 1.82) is 0 Å². The third-order valence-electron chi connectivity index (χ3n) is 9.38. The normalized spacial score (nSPS) is 18.0. The molecule has 0 bridgehead atoms. The summed E-state index contributed by atoms with van der Waals surface area (Å²) in [7, 11) is -4.43. The van der Waals surface area contributed by atoms with E-state index in [1.807, 2.05) is 40.0 Å². The molecular formula is C35H39ClF3N7O4S. The number of halogens is 4. The van der Waals surface area contributed by atoms with E-state index >= 15 is 0 Å². The standard InChI is InChI=1S/C35H39ClF3N7O4S/c1-33(2)22-24(23-40-33)8-7-19-45(25-9-4-3-5-10-25)27-11-6-12-30(41-27)51(48,49)44-32(47)26-13-14-28(42-31(26)36)46-20-15-29(43-46)50-21-18-34(16-17-34)35(37,38)39/h3-6,9-15,20,24,40H,7-8,16-19,21-23H2,1-2H3,(H,44,47)/t24-/m0/s1. The fourth-order valence-corrected chi connectivity index (χ4v) is 7.52. The molecule has 0 radical (unpaired) electrons. The highest BCUT2D eigenvalue weighted by Crippen LogP contribution is 2.59. The van der Waals surface area contributed by atoms with Crippen LogP contribution in [-0.2, 0) is 10.0 Å². The van der Waals surface area contributed by atoms with Crippen LogP contribution < -0.4 is 19.7 Å². The predicted octanol–water partition coefficient (Wildman–Crippen LogP) is 6.85. The molecule has 1 saturated heterocycles. The summed E-state index contributed by atoms with van der Waals surface area (Å²) in [6, 6.07) is 18.3. The van der Waals surface area contributed by atoms with Gasteiger partial charge in [0.05, 0.1) is 17.6 Å². The first-order chi connectivity index (χ1) is 24.1. The molecule has 16 heteroatoms. The molecule has 4 aromatic rings. The number of aromatic nitrogens is 4. The molecule has 51 heavy (non-hydrogen) atoms. The number of amides is 1. The summed E-state index contributed by atoms with van der Waals surface area (Å²) in [5, 5.41) is 7.08. The van der Waals surface area contributed by atoms with Crippen molar-refractivity contribution in [2.24, 2.45) is 11.3 Å². The van der Waals surface area contributed by atoms with Crippen molar-refractivity contribution in [1.82, 2.24) is 29.8 Å². The number of nitrogens with one attached hydrogen (secondary N) is 2. The van der Waals surface area contributed by atoms with Crippen LogP contribution in [0.2, 0.25) is 5.15 Å². The summed E-state index contributed by atoms with van der Waals surface area (Å²) in [6.07, 6.45) is 0.172. The lowest BCUT2D eigenvalue weighted by Crippen LogP contribution is -2.32. The first-order valence-electron chi connectivity index (χ1n) is 16.7. The third kappa shape index (κ3) is 8.64. The predicted molar refractivity (Wildman–Crippen MR) is 186 cm³/mol. The second-order valence-corrected chi connectivity index (χ2v) is 15.7. The molecule has 0 unspecified atom stereocenters. The number of benzene rings is 1. The van der Waals surface area contributed by atoms with E-state index in [1.54, 1.807) is 12.1 Å². The van der Waals surface area contributed by atoms with Gasteiger partial charge in [-0.15, -0.1) is 5.10 Å². The van der Waals surface area contributed by atoms with Crippen molar-refractivity contribution >= 4 is 39.0 Å². The minimum atomic E-state index is -4.43. The molecule has 2 aliphatic rings. The van der Waals surface area contributed by atoms with Crippen LogP contribution in [0.25, 0.3) is 5.82 Å². The Labute approximate surface area is 299 Å². The molecule has 1 atom stereocenters. The van der Waals surface area contributed by atoms with Gasteiger partial charge < -0.3 is 15.0 Å². The van der Waals surface area contributed by atoms with E-state index in [0.717, 1.165) is 31.5 Å². The number of anilines is 2. The summed E-state index contributed by atoms with van der Waals surface area (Å²) in [5.74, 6) is 0.220.